The molecular weight excluding hydrogens is 645 g/mol. The molecular formula is C49H34N4. The molecule has 0 N–H and O–H groups in total. The molecule has 0 radical (unpaired) electrons. The predicted molar refractivity (Wildman–Crippen MR) is 219 cm³/mol. The lowest BCUT2D eigenvalue weighted by molar-refractivity contribution is 0.661. The molecule has 53 heavy (non-hydrogen) atoms. The van der Waals surface area contributed by atoms with E-state index in [0.717, 1.165) is 39.4 Å². The lowest BCUT2D eigenvalue weighted by Gasteiger charge is -2.21. The van der Waals surface area contributed by atoms with Gasteiger partial charge in [-0.1, -0.05) is 135 Å². The molecule has 1 aliphatic rings. The van der Waals surface area contributed by atoms with Crippen LogP contribution in [0.3, 0.4) is 0 Å². The van der Waals surface area contributed by atoms with Crippen molar-refractivity contribution in [2.45, 2.75) is 19.3 Å². The van der Waals surface area contributed by atoms with E-state index in [1.54, 1.807) is 0 Å². The van der Waals surface area contributed by atoms with E-state index < -0.39 is 0 Å². The van der Waals surface area contributed by atoms with Crippen LogP contribution in [0.15, 0.2) is 170 Å². The van der Waals surface area contributed by atoms with E-state index in [4.69, 9.17) is 9.97 Å². The summed E-state index contributed by atoms with van der Waals surface area (Å²) in [5.74, 6) is 1.53. The van der Waals surface area contributed by atoms with Gasteiger partial charge in [0.15, 0.2) is 5.82 Å². The Morgan fingerprint density at radius 3 is 1.75 bits per heavy atom. The molecule has 0 saturated carbocycles. The second-order valence-corrected chi connectivity index (χ2v) is 14.7. The number of fused-ring (bicyclic) bond motifs is 9. The third-order valence-electron chi connectivity index (χ3n) is 11.3. The number of nitrogens with zero attached hydrogens (tertiary/aromatic N) is 4. The Balaban J connectivity index is 1.15. The average molecular weight is 679 g/mol. The van der Waals surface area contributed by atoms with Crippen molar-refractivity contribution in [3.05, 3.63) is 181 Å². The highest BCUT2D eigenvalue weighted by Gasteiger charge is 2.36. The van der Waals surface area contributed by atoms with Gasteiger partial charge in [0, 0.05) is 49.8 Å². The van der Waals surface area contributed by atoms with E-state index in [1.807, 2.05) is 18.2 Å². The molecule has 0 fully saturated rings. The van der Waals surface area contributed by atoms with Gasteiger partial charge in [0.2, 0.25) is 0 Å². The standard InChI is InChI=1S/C49H34N4/c1-49(2)40-23-10-6-19-34(40)38-29-46-39(28-41(38)49)37-22-9-11-24-43(37)52(46)33-18-14-17-32(27-33)42-30-47(51-48(50-42)31-15-4-3-5-16-31)53-44-25-12-7-20-35(44)36-21-8-13-26-45(36)53/h3-30H,1-2H3. The fourth-order valence-corrected chi connectivity index (χ4v) is 8.83. The van der Waals surface area contributed by atoms with Gasteiger partial charge in [0.1, 0.15) is 5.82 Å². The summed E-state index contributed by atoms with van der Waals surface area (Å²) >= 11 is 0. The molecule has 0 saturated heterocycles. The maximum atomic E-state index is 5.25. The van der Waals surface area contributed by atoms with Gasteiger partial charge in [-0.15, -0.1) is 0 Å². The first-order valence-corrected chi connectivity index (χ1v) is 18.3. The van der Waals surface area contributed by atoms with Crippen molar-refractivity contribution in [2.75, 3.05) is 0 Å². The van der Waals surface area contributed by atoms with Crippen molar-refractivity contribution in [3.8, 4) is 45.3 Å². The summed E-state index contributed by atoms with van der Waals surface area (Å²) in [6.07, 6.45) is 0. The fraction of sp³-hybridized carbons (Fsp3) is 0.0612. The third-order valence-corrected chi connectivity index (χ3v) is 11.3. The topological polar surface area (TPSA) is 35.6 Å². The summed E-state index contributed by atoms with van der Waals surface area (Å²) in [4.78, 5) is 10.5. The summed E-state index contributed by atoms with van der Waals surface area (Å²) in [6.45, 7) is 4.70. The highest BCUT2D eigenvalue weighted by molar-refractivity contribution is 6.12. The van der Waals surface area contributed by atoms with Crippen molar-refractivity contribution < 1.29 is 0 Å². The molecule has 4 nitrogen and oxygen atoms in total. The number of para-hydroxylation sites is 3. The van der Waals surface area contributed by atoms with Gasteiger partial charge in [0.25, 0.3) is 0 Å². The van der Waals surface area contributed by atoms with Gasteiger partial charge in [0.05, 0.1) is 27.8 Å². The molecule has 0 amide bonds. The van der Waals surface area contributed by atoms with Crippen LogP contribution >= 0.6 is 0 Å². The smallest absolute Gasteiger partial charge is 0.162 e. The van der Waals surface area contributed by atoms with Crippen LogP contribution in [-0.4, -0.2) is 19.1 Å². The monoisotopic (exact) mass is 678 g/mol. The van der Waals surface area contributed by atoms with E-state index in [-0.39, 0.29) is 5.41 Å². The van der Waals surface area contributed by atoms with E-state index >= 15 is 0 Å². The zero-order valence-electron chi connectivity index (χ0n) is 29.5. The molecule has 0 atom stereocenters. The number of benzene rings is 7. The number of aromatic nitrogens is 4. The molecule has 0 bridgehead atoms. The van der Waals surface area contributed by atoms with Crippen molar-refractivity contribution in [3.63, 3.8) is 0 Å². The summed E-state index contributed by atoms with van der Waals surface area (Å²) in [5, 5.41) is 4.93. The third kappa shape index (κ3) is 4.36. The number of hydrogen-bond acceptors (Lipinski definition) is 2. The van der Waals surface area contributed by atoms with Gasteiger partial charge in [-0.25, -0.2) is 9.97 Å². The van der Waals surface area contributed by atoms with Crippen LogP contribution in [0.5, 0.6) is 0 Å². The molecule has 3 heterocycles. The maximum absolute atomic E-state index is 5.25. The van der Waals surface area contributed by atoms with Crippen LogP contribution in [0.25, 0.3) is 88.9 Å². The minimum Gasteiger partial charge on any atom is -0.309 e. The van der Waals surface area contributed by atoms with Gasteiger partial charge in [-0.2, -0.15) is 0 Å². The number of rotatable bonds is 4. The van der Waals surface area contributed by atoms with Crippen LogP contribution in [0.1, 0.15) is 25.0 Å². The highest BCUT2D eigenvalue weighted by Crippen LogP contribution is 2.51. The van der Waals surface area contributed by atoms with Crippen molar-refractivity contribution >= 4 is 43.6 Å². The van der Waals surface area contributed by atoms with Gasteiger partial charge in [-0.05, 0) is 64.7 Å². The Hall–Kier alpha value is -6.78. The van der Waals surface area contributed by atoms with Crippen LogP contribution < -0.4 is 0 Å². The minimum absolute atomic E-state index is 0.0687. The molecule has 0 aliphatic heterocycles. The van der Waals surface area contributed by atoms with Gasteiger partial charge < -0.3 is 4.57 Å². The lowest BCUT2D eigenvalue weighted by atomic mass is 9.82. The summed E-state index contributed by atoms with van der Waals surface area (Å²) in [5.41, 5.74) is 13.9. The molecule has 3 aromatic heterocycles. The minimum atomic E-state index is -0.0687. The quantitative estimate of drug-likeness (QED) is 0.186. The Morgan fingerprint density at radius 1 is 0.415 bits per heavy atom. The van der Waals surface area contributed by atoms with E-state index in [0.29, 0.717) is 5.82 Å². The van der Waals surface area contributed by atoms with Gasteiger partial charge in [-0.3, -0.25) is 4.57 Å². The average Bonchev–Trinajstić information content (AvgIpc) is 3.80. The summed E-state index contributed by atoms with van der Waals surface area (Å²) in [6, 6.07) is 60.9. The van der Waals surface area contributed by atoms with Gasteiger partial charge >= 0.3 is 0 Å². The van der Waals surface area contributed by atoms with Crippen LogP contribution in [-0.2, 0) is 5.41 Å². The molecule has 7 aromatic carbocycles. The van der Waals surface area contributed by atoms with E-state index in [2.05, 4.69) is 175 Å². The Labute approximate surface area is 307 Å². The molecule has 1 aliphatic carbocycles. The van der Waals surface area contributed by atoms with Crippen molar-refractivity contribution in [1.29, 1.82) is 0 Å². The normalized spacial score (nSPS) is 13.2. The largest absolute Gasteiger partial charge is 0.309 e. The summed E-state index contributed by atoms with van der Waals surface area (Å²) in [7, 11) is 0. The maximum Gasteiger partial charge on any atom is 0.162 e. The van der Waals surface area contributed by atoms with Crippen molar-refractivity contribution in [1.82, 2.24) is 19.1 Å². The summed E-state index contributed by atoms with van der Waals surface area (Å²) < 4.78 is 4.70. The first kappa shape index (κ1) is 29.9. The van der Waals surface area contributed by atoms with E-state index in [9.17, 15) is 0 Å². The Morgan fingerprint density at radius 2 is 1.02 bits per heavy atom. The second kappa shape index (κ2) is 11.1. The molecule has 0 unspecified atom stereocenters. The van der Waals surface area contributed by atoms with Crippen LogP contribution in [0, 0.1) is 0 Å². The second-order valence-electron chi connectivity index (χ2n) is 14.7. The Bertz CT molecular complexity index is 3040. The van der Waals surface area contributed by atoms with Crippen LogP contribution in [0.2, 0.25) is 0 Å². The zero-order valence-corrected chi connectivity index (χ0v) is 29.5. The fourth-order valence-electron chi connectivity index (χ4n) is 8.83. The first-order chi connectivity index (χ1) is 26.0. The zero-order chi connectivity index (χ0) is 35.3. The first-order valence-electron chi connectivity index (χ1n) is 18.3. The number of hydrogen-bond donors (Lipinski definition) is 0. The lowest BCUT2D eigenvalue weighted by Crippen LogP contribution is -2.14. The highest BCUT2D eigenvalue weighted by atomic mass is 15.1. The Kier molecular flexibility index (Phi) is 6.27. The SMILES string of the molecule is CC1(C)c2ccccc2-c2cc3c(cc21)c1ccccc1n3-c1cccc(-c2cc(-n3c4ccccc4c4ccccc43)nc(-c3ccccc3)n2)c1. The van der Waals surface area contributed by atoms with E-state index in [1.165, 1.54) is 54.8 Å². The predicted octanol–water partition coefficient (Wildman–Crippen LogP) is 12.3. The molecule has 10 aromatic rings. The van der Waals surface area contributed by atoms with Crippen LogP contribution in [0.4, 0.5) is 0 Å². The molecule has 11 rings (SSSR count). The molecule has 250 valence electrons. The molecule has 4 heteroatoms. The van der Waals surface area contributed by atoms with Crippen molar-refractivity contribution in [2.24, 2.45) is 0 Å². The molecule has 0 spiro atoms.